The highest BCUT2D eigenvalue weighted by atomic mass is 16.5. The normalized spacial score (nSPS) is 15.8. The zero-order valence-electron chi connectivity index (χ0n) is 17.7. The van der Waals surface area contributed by atoms with E-state index in [1.807, 2.05) is 25.1 Å². The Morgan fingerprint density at radius 2 is 2.03 bits per heavy atom. The van der Waals surface area contributed by atoms with Crippen LogP contribution < -0.4 is 10.6 Å². The maximum atomic E-state index is 11.8. The van der Waals surface area contributed by atoms with Crippen LogP contribution in [0.2, 0.25) is 0 Å². The van der Waals surface area contributed by atoms with Gasteiger partial charge in [0.2, 0.25) is 5.95 Å². The highest BCUT2D eigenvalue weighted by Crippen LogP contribution is 2.30. The Bertz CT molecular complexity index is 931. The van der Waals surface area contributed by atoms with Gasteiger partial charge in [0.15, 0.2) is 0 Å². The number of hydrogen-bond acceptors (Lipinski definition) is 8. The maximum Gasteiger partial charge on any atom is 0.337 e. The molecule has 1 saturated heterocycles. The fraction of sp³-hybridized carbons (Fsp3) is 0.455. The summed E-state index contributed by atoms with van der Waals surface area (Å²) < 4.78 is 9.58. The monoisotopic (exact) mass is 412 g/mol. The molecule has 0 spiro atoms. The molecule has 2 N–H and O–H groups in total. The van der Waals surface area contributed by atoms with Gasteiger partial charge in [-0.3, -0.25) is 4.79 Å². The minimum absolute atomic E-state index is 0.235. The molecule has 1 unspecified atom stereocenters. The molecule has 30 heavy (non-hydrogen) atoms. The molecule has 0 bridgehead atoms. The van der Waals surface area contributed by atoms with Crippen molar-refractivity contribution < 1.29 is 19.1 Å². The Balaban J connectivity index is 1.73. The largest absolute Gasteiger partial charge is 0.469 e. The van der Waals surface area contributed by atoms with Gasteiger partial charge in [-0.1, -0.05) is 12.1 Å². The standard InChI is InChI=1S/C22H28N4O4/c1-14-18(7-8-19(27)29-2)20(25-22(23)24-14)26-10-9-16(13-26)11-15-5-4-6-17(12-15)21(28)30-3/h4-6,12,16H,7-11,13H2,1-3H3,(H2,23,24,25). The number of nitrogens with two attached hydrogens (primary N) is 1. The summed E-state index contributed by atoms with van der Waals surface area (Å²) in [5.41, 5.74) is 9.30. The predicted octanol–water partition coefficient (Wildman–Crippen LogP) is 2.33. The molecule has 0 aliphatic carbocycles. The zero-order chi connectivity index (χ0) is 21.7. The smallest absolute Gasteiger partial charge is 0.337 e. The van der Waals surface area contributed by atoms with Crippen LogP contribution in [-0.4, -0.2) is 49.2 Å². The number of rotatable bonds is 7. The molecule has 1 aromatic carbocycles. The topological polar surface area (TPSA) is 108 Å². The van der Waals surface area contributed by atoms with Crippen LogP contribution in [0.25, 0.3) is 0 Å². The van der Waals surface area contributed by atoms with Crippen LogP contribution in [0.15, 0.2) is 24.3 Å². The lowest BCUT2D eigenvalue weighted by atomic mass is 9.97. The Kier molecular flexibility index (Phi) is 6.87. The van der Waals surface area contributed by atoms with Crippen molar-refractivity contribution in [3.8, 4) is 0 Å². The van der Waals surface area contributed by atoms with Gasteiger partial charge in [-0.25, -0.2) is 9.78 Å². The predicted molar refractivity (Wildman–Crippen MR) is 113 cm³/mol. The molecule has 1 fully saturated rings. The van der Waals surface area contributed by atoms with Crippen molar-refractivity contribution in [1.82, 2.24) is 9.97 Å². The van der Waals surface area contributed by atoms with Crippen LogP contribution in [0.1, 0.15) is 40.0 Å². The van der Waals surface area contributed by atoms with Crippen LogP contribution in [-0.2, 0) is 27.1 Å². The van der Waals surface area contributed by atoms with Crippen molar-refractivity contribution in [3.63, 3.8) is 0 Å². The highest BCUT2D eigenvalue weighted by Gasteiger charge is 2.27. The molecule has 1 atom stereocenters. The maximum absolute atomic E-state index is 11.8. The molecular formula is C22H28N4O4. The molecule has 8 nitrogen and oxygen atoms in total. The summed E-state index contributed by atoms with van der Waals surface area (Å²) in [5.74, 6) is 0.866. The van der Waals surface area contributed by atoms with Gasteiger partial charge in [-0.15, -0.1) is 0 Å². The first kappa shape index (κ1) is 21.5. The number of esters is 2. The van der Waals surface area contributed by atoms with Crippen LogP contribution in [0.4, 0.5) is 11.8 Å². The first-order valence-corrected chi connectivity index (χ1v) is 10.0. The molecule has 2 heterocycles. The van der Waals surface area contributed by atoms with Crippen molar-refractivity contribution in [2.24, 2.45) is 5.92 Å². The van der Waals surface area contributed by atoms with Gasteiger partial charge in [0.05, 0.1) is 19.8 Å². The van der Waals surface area contributed by atoms with Crippen LogP contribution in [0.5, 0.6) is 0 Å². The molecule has 8 heteroatoms. The summed E-state index contributed by atoms with van der Waals surface area (Å²) in [6.45, 7) is 3.56. The van der Waals surface area contributed by atoms with Gasteiger partial charge >= 0.3 is 11.9 Å². The molecular weight excluding hydrogens is 384 g/mol. The summed E-state index contributed by atoms with van der Waals surface area (Å²) in [6.07, 6.45) is 2.64. The van der Waals surface area contributed by atoms with Crippen molar-refractivity contribution in [3.05, 3.63) is 46.6 Å². The highest BCUT2D eigenvalue weighted by molar-refractivity contribution is 5.89. The van der Waals surface area contributed by atoms with Gasteiger partial charge in [-0.05, 0) is 49.8 Å². The number of benzene rings is 1. The average Bonchev–Trinajstić information content (AvgIpc) is 3.20. The van der Waals surface area contributed by atoms with Crippen molar-refractivity contribution >= 4 is 23.7 Å². The molecule has 2 aromatic rings. The number of ether oxygens (including phenoxy) is 2. The fourth-order valence-corrected chi connectivity index (χ4v) is 3.95. The van der Waals surface area contributed by atoms with Crippen molar-refractivity contribution in [2.75, 3.05) is 37.9 Å². The zero-order valence-corrected chi connectivity index (χ0v) is 17.7. The number of hydrogen-bond donors (Lipinski definition) is 1. The Morgan fingerprint density at radius 3 is 2.77 bits per heavy atom. The quantitative estimate of drug-likeness (QED) is 0.691. The summed E-state index contributed by atoms with van der Waals surface area (Å²) in [4.78, 5) is 34.4. The van der Waals surface area contributed by atoms with Crippen molar-refractivity contribution in [2.45, 2.75) is 32.6 Å². The third-order valence-electron chi connectivity index (χ3n) is 5.47. The minimum atomic E-state index is -0.327. The number of nitrogen functional groups attached to an aromatic ring is 1. The minimum Gasteiger partial charge on any atom is -0.469 e. The van der Waals surface area contributed by atoms with E-state index in [-0.39, 0.29) is 24.3 Å². The van der Waals surface area contributed by atoms with Gasteiger partial charge in [0.1, 0.15) is 5.82 Å². The van der Waals surface area contributed by atoms with E-state index in [1.165, 1.54) is 14.2 Å². The lowest BCUT2D eigenvalue weighted by Crippen LogP contribution is -2.24. The van der Waals surface area contributed by atoms with Gasteiger partial charge < -0.3 is 20.1 Å². The third kappa shape index (κ3) is 5.06. The Hall–Kier alpha value is -3.16. The molecule has 0 amide bonds. The second-order valence-corrected chi connectivity index (χ2v) is 7.54. The van der Waals surface area contributed by atoms with Gasteiger partial charge in [-0.2, -0.15) is 4.98 Å². The van der Waals surface area contributed by atoms with E-state index >= 15 is 0 Å². The second-order valence-electron chi connectivity index (χ2n) is 7.54. The first-order chi connectivity index (χ1) is 14.4. The Morgan fingerprint density at radius 1 is 1.23 bits per heavy atom. The summed E-state index contributed by atoms with van der Waals surface area (Å²) in [7, 11) is 2.77. The number of methoxy groups -OCH3 is 2. The number of aromatic nitrogens is 2. The summed E-state index contributed by atoms with van der Waals surface area (Å²) in [6, 6.07) is 7.57. The number of nitrogens with zero attached hydrogens (tertiary/aromatic N) is 3. The second kappa shape index (κ2) is 9.56. The first-order valence-electron chi connectivity index (χ1n) is 10.0. The van der Waals surface area contributed by atoms with Gasteiger partial charge in [0.25, 0.3) is 0 Å². The van der Waals surface area contributed by atoms with Gasteiger partial charge in [0, 0.05) is 30.8 Å². The molecule has 3 rings (SSSR count). The van der Waals surface area contributed by atoms with E-state index in [2.05, 4.69) is 14.9 Å². The molecule has 0 saturated carbocycles. The number of anilines is 2. The van der Waals surface area contributed by atoms with Crippen molar-refractivity contribution in [1.29, 1.82) is 0 Å². The van der Waals surface area contributed by atoms with Crippen LogP contribution in [0, 0.1) is 12.8 Å². The molecule has 160 valence electrons. The summed E-state index contributed by atoms with van der Waals surface area (Å²) in [5, 5.41) is 0. The average molecular weight is 412 g/mol. The molecule has 1 aromatic heterocycles. The number of carbonyl (C=O) groups excluding carboxylic acids is 2. The lowest BCUT2D eigenvalue weighted by Gasteiger charge is -2.22. The number of carbonyl (C=O) groups is 2. The van der Waals surface area contributed by atoms with E-state index in [0.717, 1.165) is 48.6 Å². The third-order valence-corrected chi connectivity index (χ3v) is 5.47. The number of aryl methyl sites for hydroxylation is 1. The Labute approximate surface area is 176 Å². The van der Waals surface area contributed by atoms with Crippen LogP contribution >= 0.6 is 0 Å². The van der Waals surface area contributed by atoms with E-state index in [1.54, 1.807) is 6.07 Å². The van der Waals surface area contributed by atoms with Crippen LogP contribution in [0.3, 0.4) is 0 Å². The lowest BCUT2D eigenvalue weighted by molar-refractivity contribution is -0.140. The van der Waals surface area contributed by atoms with E-state index in [4.69, 9.17) is 15.2 Å². The molecule has 1 aliphatic heterocycles. The summed E-state index contributed by atoms with van der Waals surface area (Å²) >= 11 is 0. The fourth-order valence-electron chi connectivity index (χ4n) is 3.95. The SMILES string of the molecule is COC(=O)CCc1c(C)nc(N)nc1N1CCC(Cc2cccc(C(=O)OC)c2)C1. The van der Waals surface area contributed by atoms with E-state index in [9.17, 15) is 9.59 Å². The van der Waals surface area contributed by atoms with E-state index < -0.39 is 0 Å². The van der Waals surface area contributed by atoms with E-state index in [0.29, 0.717) is 17.9 Å². The molecule has 0 radical (unpaired) electrons. The molecule has 1 aliphatic rings.